The van der Waals surface area contributed by atoms with Crippen molar-refractivity contribution < 1.29 is 4.79 Å². The number of aromatic nitrogens is 2. The molecule has 4 nitrogen and oxygen atoms in total. The van der Waals surface area contributed by atoms with E-state index in [1.54, 1.807) is 11.6 Å². The van der Waals surface area contributed by atoms with E-state index in [-0.39, 0.29) is 5.91 Å². The highest BCUT2D eigenvalue weighted by molar-refractivity contribution is 6.33. The lowest BCUT2D eigenvalue weighted by Crippen LogP contribution is -2.14. The number of nitrogens with zero attached hydrogens (tertiary/aromatic N) is 2. The van der Waals surface area contributed by atoms with E-state index in [0.29, 0.717) is 28.9 Å². The maximum Gasteiger partial charge on any atom is 0.260 e. The minimum atomic E-state index is -0.245. The van der Waals surface area contributed by atoms with Crippen LogP contribution in [-0.2, 0) is 6.54 Å². The third kappa shape index (κ3) is 3.81. The molecule has 0 bridgehead atoms. The van der Waals surface area contributed by atoms with Crippen LogP contribution in [-0.4, -0.2) is 15.7 Å². The first-order chi connectivity index (χ1) is 12.5. The van der Waals surface area contributed by atoms with Gasteiger partial charge in [0.2, 0.25) is 0 Å². The normalized spacial score (nSPS) is 11.0. The summed E-state index contributed by atoms with van der Waals surface area (Å²) in [5.74, 6) is 0.146. The minimum absolute atomic E-state index is 0.245. The summed E-state index contributed by atoms with van der Waals surface area (Å²) in [6.45, 7) is 6.65. The van der Waals surface area contributed by atoms with Crippen LogP contribution in [0.2, 0.25) is 5.15 Å². The molecule has 0 saturated heterocycles. The van der Waals surface area contributed by atoms with Gasteiger partial charge in [0.05, 0.1) is 11.3 Å². The molecular weight excluding hydrogens is 346 g/mol. The lowest BCUT2D eigenvalue weighted by molar-refractivity contribution is 0.102. The predicted molar refractivity (Wildman–Crippen MR) is 107 cm³/mol. The van der Waals surface area contributed by atoms with E-state index in [4.69, 9.17) is 11.6 Å². The fraction of sp³-hybridized carbons (Fsp3) is 0.238. The molecule has 0 aliphatic heterocycles. The molecule has 3 aromatic rings. The number of nitrogens with one attached hydrogen (secondary N) is 1. The number of rotatable bonds is 5. The van der Waals surface area contributed by atoms with Crippen molar-refractivity contribution in [1.29, 1.82) is 0 Å². The van der Waals surface area contributed by atoms with Gasteiger partial charge in [-0.1, -0.05) is 74.0 Å². The third-order valence-electron chi connectivity index (χ3n) is 4.09. The molecule has 5 heteroatoms. The molecule has 0 aliphatic rings. The Morgan fingerprint density at radius 3 is 2.46 bits per heavy atom. The monoisotopic (exact) mass is 367 g/mol. The molecule has 0 aliphatic carbocycles. The van der Waals surface area contributed by atoms with E-state index in [2.05, 4.69) is 24.3 Å². The van der Waals surface area contributed by atoms with Crippen LogP contribution < -0.4 is 5.32 Å². The molecule has 0 atom stereocenters. The van der Waals surface area contributed by atoms with Crippen molar-refractivity contribution in [1.82, 2.24) is 9.78 Å². The topological polar surface area (TPSA) is 46.9 Å². The lowest BCUT2D eigenvalue weighted by Gasteiger charge is -2.11. The fourth-order valence-corrected chi connectivity index (χ4v) is 3.25. The van der Waals surface area contributed by atoms with Gasteiger partial charge in [-0.25, -0.2) is 0 Å². The lowest BCUT2D eigenvalue weighted by atomic mass is 10.0. The summed E-state index contributed by atoms with van der Waals surface area (Å²) in [5.41, 5.74) is 3.81. The Hall–Kier alpha value is -2.59. The average molecular weight is 368 g/mol. The van der Waals surface area contributed by atoms with Crippen molar-refractivity contribution in [3.63, 3.8) is 0 Å². The van der Waals surface area contributed by atoms with Gasteiger partial charge in [0.1, 0.15) is 5.15 Å². The van der Waals surface area contributed by atoms with Crippen LogP contribution in [0.1, 0.15) is 29.9 Å². The highest BCUT2D eigenvalue weighted by atomic mass is 35.5. The maximum atomic E-state index is 12.9. The molecule has 0 saturated carbocycles. The van der Waals surface area contributed by atoms with Gasteiger partial charge in [0.15, 0.2) is 0 Å². The Kier molecular flexibility index (Phi) is 5.43. The zero-order chi connectivity index (χ0) is 18.7. The molecule has 1 heterocycles. The summed E-state index contributed by atoms with van der Waals surface area (Å²) in [6.07, 6.45) is 0. The second-order valence-corrected chi connectivity index (χ2v) is 7.05. The number of carbonyl (C=O) groups excluding carboxylic acids is 1. The summed E-state index contributed by atoms with van der Waals surface area (Å²) < 4.78 is 1.69. The molecule has 3 rings (SSSR count). The number of hydrogen-bond donors (Lipinski definition) is 1. The van der Waals surface area contributed by atoms with Crippen LogP contribution in [0.3, 0.4) is 0 Å². The van der Waals surface area contributed by atoms with E-state index in [1.807, 2.05) is 54.6 Å². The summed E-state index contributed by atoms with van der Waals surface area (Å²) in [7, 11) is 0. The number of hydrogen-bond acceptors (Lipinski definition) is 2. The van der Waals surface area contributed by atoms with Gasteiger partial charge < -0.3 is 5.32 Å². The first-order valence-electron chi connectivity index (χ1n) is 8.66. The first kappa shape index (κ1) is 18.2. The van der Waals surface area contributed by atoms with E-state index in [0.717, 1.165) is 16.8 Å². The molecule has 1 aromatic heterocycles. The standard InChI is InChI=1S/C21H22ClN3O/c1-14(2)13-25-20(22)19(15(3)24-25)21(26)23-18-12-8-7-11-17(18)16-9-5-4-6-10-16/h4-12,14H,13H2,1-3H3,(H,23,26). The van der Waals surface area contributed by atoms with Gasteiger partial charge in [-0.15, -0.1) is 0 Å². The fourth-order valence-electron chi connectivity index (χ4n) is 2.92. The largest absolute Gasteiger partial charge is 0.321 e. The van der Waals surface area contributed by atoms with E-state index < -0.39 is 0 Å². The van der Waals surface area contributed by atoms with Gasteiger partial charge in [-0.3, -0.25) is 9.48 Å². The number of benzene rings is 2. The second-order valence-electron chi connectivity index (χ2n) is 6.69. The van der Waals surface area contributed by atoms with Gasteiger partial charge in [0.25, 0.3) is 5.91 Å². The quantitative estimate of drug-likeness (QED) is 0.654. The summed E-state index contributed by atoms with van der Waals surface area (Å²) in [4.78, 5) is 12.9. The molecule has 0 unspecified atom stereocenters. The molecule has 0 spiro atoms. The molecule has 26 heavy (non-hydrogen) atoms. The van der Waals surface area contributed by atoms with Gasteiger partial charge in [-0.2, -0.15) is 5.10 Å². The van der Waals surface area contributed by atoms with Crippen molar-refractivity contribution in [2.24, 2.45) is 5.92 Å². The molecule has 0 fully saturated rings. The molecule has 1 N–H and O–H groups in total. The Morgan fingerprint density at radius 1 is 1.12 bits per heavy atom. The van der Waals surface area contributed by atoms with Gasteiger partial charge in [-0.05, 0) is 24.5 Å². The van der Waals surface area contributed by atoms with E-state index in [1.165, 1.54) is 0 Å². The van der Waals surface area contributed by atoms with Crippen LogP contribution in [0.15, 0.2) is 54.6 Å². The maximum absolute atomic E-state index is 12.9. The number of carbonyl (C=O) groups is 1. The van der Waals surface area contributed by atoms with Crippen LogP contribution in [0.5, 0.6) is 0 Å². The number of amides is 1. The van der Waals surface area contributed by atoms with Crippen LogP contribution in [0.4, 0.5) is 5.69 Å². The Bertz CT molecular complexity index is 916. The molecule has 134 valence electrons. The number of anilines is 1. The third-order valence-corrected chi connectivity index (χ3v) is 4.47. The number of aryl methyl sites for hydroxylation is 1. The van der Waals surface area contributed by atoms with Crippen molar-refractivity contribution >= 4 is 23.2 Å². The van der Waals surface area contributed by atoms with Crippen molar-refractivity contribution in [2.75, 3.05) is 5.32 Å². The van der Waals surface area contributed by atoms with Crippen molar-refractivity contribution in [3.05, 3.63) is 71.0 Å². The number of halogens is 1. The van der Waals surface area contributed by atoms with Crippen LogP contribution in [0, 0.1) is 12.8 Å². The summed E-state index contributed by atoms with van der Waals surface area (Å²) in [6, 6.07) is 17.7. The van der Waals surface area contributed by atoms with E-state index >= 15 is 0 Å². The molecule has 1 amide bonds. The van der Waals surface area contributed by atoms with Crippen molar-refractivity contribution in [3.8, 4) is 11.1 Å². The molecular formula is C21H22ClN3O. The smallest absolute Gasteiger partial charge is 0.260 e. The summed E-state index contributed by atoms with van der Waals surface area (Å²) >= 11 is 6.43. The zero-order valence-corrected chi connectivity index (χ0v) is 15.9. The Balaban J connectivity index is 1.92. The molecule has 2 aromatic carbocycles. The van der Waals surface area contributed by atoms with Gasteiger partial charge in [0, 0.05) is 17.8 Å². The second kappa shape index (κ2) is 7.75. The van der Waals surface area contributed by atoms with Gasteiger partial charge >= 0.3 is 0 Å². The average Bonchev–Trinajstić information content (AvgIpc) is 2.89. The highest BCUT2D eigenvalue weighted by Crippen LogP contribution is 2.29. The SMILES string of the molecule is Cc1nn(CC(C)C)c(Cl)c1C(=O)Nc1ccccc1-c1ccccc1. The Labute approximate surface area is 158 Å². The summed E-state index contributed by atoms with van der Waals surface area (Å²) in [5, 5.41) is 7.79. The Morgan fingerprint density at radius 2 is 1.77 bits per heavy atom. The number of para-hydroxylation sites is 1. The van der Waals surface area contributed by atoms with Crippen LogP contribution >= 0.6 is 11.6 Å². The molecule has 0 radical (unpaired) electrons. The van der Waals surface area contributed by atoms with Crippen LogP contribution in [0.25, 0.3) is 11.1 Å². The first-order valence-corrected chi connectivity index (χ1v) is 9.04. The van der Waals surface area contributed by atoms with Crippen molar-refractivity contribution in [2.45, 2.75) is 27.3 Å². The highest BCUT2D eigenvalue weighted by Gasteiger charge is 2.21. The van der Waals surface area contributed by atoms with E-state index in [9.17, 15) is 4.79 Å². The predicted octanol–water partition coefficient (Wildman–Crippen LogP) is 5.42. The minimum Gasteiger partial charge on any atom is -0.321 e. The zero-order valence-electron chi connectivity index (χ0n) is 15.2.